The van der Waals surface area contributed by atoms with Crippen molar-refractivity contribution >= 4 is 24.2 Å². The van der Waals surface area contributed by atoms with Crippen molar-refractivity contribution in [2.24, 2.45) is 5.73 Å². The molecule has 6 heteroatoms. The smallest absolute Gasteiger partial charge is 0.237 e. The van der Waals surface area contributed by atoms with Crippen LogP contribution in [0.25, 0.3) is 0 Å². The van der Waals surface area contributed by atoms with Gasteiger partial charge in [-0.2, -0.15) is 0 Å². The summed E-state index contributed by atoms with van der Waals surface area (Å²) < 4.78 is 0. The Hall–Kier alpha value is -1.59. The fourth-order valence-electron chi connectivity index (χ4n) is 1.52. The highest BCUT2D eigenvalue weighted by molar-refractivity contribution is 5.85. The van der Waals surface area contributed by atoms with Crippen molar-refractivity contribution in [1.82, 2.24) is 10.6 Å². The number of rotatable bonds is 6. The van der Waals surface area contributed by atoms with Gasteiger partial charge >= 0.3 is 0 Å². The number of hydrogen-bond acceptors (Lipinski definition) is 3. The fraction of sp³-hybridized carbons (Fsp3) is 0.385. The molecular formula is C13H20ClN3O2. The van der Waals surface area contributed by atoms with Gasteiger partial charge in [-0.15, -0.1) is 12.4 Å². The number of nitrogens with one attached hydrogen (secondary N) is 2. The summed E-state index contributed by atoms with van der Waals surface area (Å²) in [5.41, 5.74) is 6.81. The van der Waals surface area contributed by atoms with Gasteiger partial charge in [0.25, 0.3) is 0 Å². The van der Waals surface area contributed by atoms with Crippen LogP contribution < -0.4 is 16.4 Å². The van der Waals surface area contributed by atoms with E-state index in [-0.39, 0.29) is 30.6 Å². The van der Waals surface area contributed by atoms with Crippen LogP contribution in [-0.2, 0) is 16.0 Å². The van der Waals surface area contributed by atoms with Crippen molar-refractivity contribution < 1.29 is 9.59 Å². The first-order valence-electron chi connectivity index (χ1n) is 5.91. The van der Waals surface area contributed by atoms with E-state index < -0.39 is 6.04 Å². The first-order chi connectivity index (χ1) is 8.63. The zero-order valence-corrected chi connectivity index (χ0v) is 11.7. The second-order valence-electron chi connectivity index (χ2n) is 4.01. The van der Waals surface area contributed by atoms with E-state index >= 15 is 0 Å². The summed E-state index contributed by atoms with van der Waals surface area (Å²) in [7, 11) is 1.56. The lowest BCUT2D eigenvalue weighted by atomic mass is 10.1. The van der Waals surface area contributed by atoms with E-state index in [0.717, 1.165) is 5.56 Å². The van der Waals surface area contributed by atoms with Gasteiger partial charge in [-0.25, -0.2) is 0 Å². The first kappa shape index (κ1) is 17.4. The average molecular weight is 286 g/mol. The molecule has 1 unspecified atom stereocenters. The van der Waals surface area contributed by atoms with Crippen LogP contribution in [0.4, 0.5) is 0 Å². The number of hydrogen-bond donors (Lipinski definition) is 3. The van der Waals surface area contributed by atoms with Gasteiger partial charge in [0.2, 0.25) is 11.8 Å². The summed E-state index contributed by atoms with van der Waals surface area (Å²) in [6.07, 6.45) is 0.757. The Kier molecular flexibility index (Phi) is 8.57. The number of nitrogens with two attached hydrogens (primary N) is 1. The Labute approximate surface area is 119 Å². The lowest BCUT2D eigenvalue weighted by Crippen LogP contribution is -2.43. The van der Waals surface area contributed by atoms with Gasteiger partial charge in [-0.05, 0) is 12.0 Å². The topological polar surface area (TPSA) is 84.2 Å². The van der Waals surface area contributed by atoms with Crippen molar-refractivity contribution in [3.05, 3.63) is 35.9 Å². The summed E-state index contributed by atoms with van der Waals surface area (Å²) >= 11 is 0. The Balaban J connectivity index is 0.00000324. The number of carbonyl (C=O) groups excluding carboxylic acids is 2. The first-order valence-corrected chi connectivity index (χ1v) is 5.91. The molecule has 106 valence electrons. The minimum Gasteiger partial charge on any atom is -0.359 e. The second-order valence-corrected chi connectivity index (χ2v) is 4.01. The molecule has 0 saturated heterocycles. The maximum atomic E-state index is 11.6. The van der Waals surface area contributed by atoms with Crippen molar-refractivity contribution in [1.29, 1.82) is 0 Å². The van der Waals surface area contributed by atoms with E-state index in [9.17, 15) is 9.59 Å². The van der Waals surface area contributed by atoms with Crippen molar-refractivity contribution in [3.63, 3.8) is 0 Å². The largest absolute Gasteiger partial charge is 0.359 e. The maximum Gasteiger partial charge on any atom is 0.237 e. The number of carbonyl (C=O) groups is 2. The molecule has 1 atom stereocenters. The van der Waals surface area contributed by atoms with E-state index in [1.54, 1.807) is 7.05 Å². The highest BCUT2D eigenvalue weighted by Crippen LogP contribution is 2.01. The molecule has 1 rings (SSSR count). The van der Waals surface area contributed by atoms with Gasteiger partial charge in [0.15, 0.2) is 0 Å². The number of benzene rings is 1. The van der Waals surface area contributed by atoms with E-state index in [2.05, 4.69) is 10.6 Å². The molecule has 5 nitrogen and oxygen atoms in total. The SMILES string of the molecule is CNC(=O)CCNC(=O)C(N)Cc1ccccc1.Cl. The molecule has 0 aliphatic heterocycles. The van der Waals surface area contributed by atoms with Crippen LogP contribution in [0.1, 0.15) is 12.0 Å². The number of amides is 2. The molecule has 0 saturated carbocycles. The molecule has 2 amide bonds. The van der Waals surface area contributed by atoms with Gasteiger partial charge in [0.05, 0.1) is 6.04 Å². The standard InChI is InChI=1S/C13H19N3O2.ClH/c1-15-12(17)7-8-16-13(18)11(14)9-10-5-3-2-4-6-10;/h2-6,11H,7-9,14H2,1H3,(H,15,17)(H,16,18);1H. The summed E-state index contributed by atoms with van der Waals surface area (Å²) in [4.78, 5) is 22.6. The van der Waals surface area contributed by atoms with Crippen LogP contribution in [-0.4, -0.2) is 31.4 Å². The molecule has 1 aromatic rings. The molecule has 0 spiro atoms. The molecule has 1 aromatic carbocycles. The molecule has 0 fully saturated rings. The fourth-order valence-corrected chi connectivity index (χ4v) is 1.52. The molecule has 19 heavy (non-hydrogen) atoms. The Morgan fingerprint density at radius 2 is 1.89 bits per heavy atom. The lowest BCUT2D eigenvalue weighted by molar-refractivity contribution is -0.123. The second kappa shape index (κ2) is 9.35. The lowest BCUT2D eigenvalue weighted by Gasteiger charge is -2.12. The average Bonchev–Trinajstić information content (AvgIpc) is 2.39. The van der Waals surface area contributed by atoms with E-state index in [1.165, 1.54) is 0 Å². The molecule has 0 aliphatic carbocycles. The Morgan fingerprint density at radius 1 is 1.26 bits per heavy atom. The van der Waals surface area contributed by atoms with Crippen LogP contribution in [0, 0.1) is 0 Å². The molecule has 0 radical (unpaired) electrons. The van der Waals surface area contributed by atoms with E-state index in [1.807, 2.05) is 30.3 Å². The normalized spacial score (nSPS) is 11.1. The van der Waals surface area contributed by atoms with Crippen LogP contribution in [0.3, 0.4) is 0 Å². The molecule has 0 aromatic heterocycles. The quantitative estimate of drug-likeness (QED) is 0.700. The molecule has 0 aliphatic rings. The van der Waals surface area contributed by atoms with Gasteiger partial charge in [-0.1, -0.05) is 30.3 Å². The van der Waals surface area contributed by atoms with Crippen LogP contribution in [0.5, 0.6) is 0 Å². The maximum absolute atomic E-state index is 11.6. The Bertz CT molecular complexity index is 398. The summed E-state index contributed by atoms with van der Waals surface area (Å²) in [5.74, 6) is -0.338. The zero-order valence-electron chi connectivity index (χ0n) is 10.9. The van der Waals surface area contributed by atoms with Crippen LogP contribution in [0.15, 0.2) is 30.3 Å². The zero-order chi connectivity index (χ0) is 13.4. The predicted octanol–water partition coefficient (Wildman–Crippen LogP) is 0.231. The summed E-state index contributed by atoms with van der Waals surface area (Å²) in [5, 5.41) is 5.13. The molecule has 0 bridgehead atoms. The third-order valence-electron chi connectivity index (χ3n) is 2.57. The van der Waals surface area contributed by atoms with Crippen LogP contribution >= 0.6 is 12.4 Å². The van der Waals surface area contributed by atoms with Gasteiger partial charge in [0, 0.05) is 20.0 Å². The molecule has 4 N–H and O–H groups in total. The van der Waals surface area contributed by atoms with Crippen molar-refractivity contribution in [2.45, 2.75) is 18.9 Å². The van der Waals surface area contributed by atoms with E-state index in [0.29, 0.717) is 13.0 Å². The van der Waals surface area contributed by atoms with Gasteiger partial charge < -0.3 is 16.4 Å². The monoisotopic (exact) mass is 285 g/mol. The highest BCUT2D eigenvalue weighted by atomic mass is 35.5. The van der Waals surface area contributed by atoms with E-state index in [4.69, 9.17) is 5.73 Å². The molecular weight excluding hydrogens is 266 g/mol. The van der Waals surface area contributed by atoms with Gasteiger partial charge in [-0.3, -0.25) is 9.59 Å². The predicted molar refractivity (Wildman–Crippen MR) is 77.1 cm³/mol. The summed E-state index contributed by atoms with van der Waals surface area (Å²) in [6.45, 7) is 0.307. The minimum atomic E-state index is -0.586. The van der Waals surface area contributed by atoms with Crippen LogP contribution in [0.2, 0.25) is 0 Å². The minimum absolute atomic E-state index is 0. The Morgan fingerprint density at radius 3 is 2.47 bits per heavy atom. The van der Waals surface area contributed by atoms with Gasteiger partial charge in [0.1, 0.15) is 0 Å². The van der Waals surface area contributed by atoms with Crippen molar-refractivity contribution in [2.75, 3.05) is 13.6 Å². The molecule has 0 heterocycles. The summed E-state index contributed by atoms with van der Waals surface area (Å²) in [6, 6.07) is 9.00. The number of halogens is 1. The third-order valence-corrected chi connectivity index (χ3v) is 2.57. The van der Waals surface area contributed by atoms with Crippen molar-refractivity contribution in [3.8, 4) is 0 Å². The third kappa shape index (κ3) is 6.79. The highest BCUT2D eigenvalue weighted by Gasteiger charge is 2.13.